The lowest BCUT2D eigenvalue weighted by atomic mass is 9.76. The molecule has 0 aromatic heterocycles. The van der Waals surface area contributed by atoms with E-state index in [2.05, 4.69) is 59.0 Å². The molecule has 1 saturated heterocycles. The first-order valence-electron chi connectivity index (χ1n) is 9.39. The molecule has 1 aliphatic heterocycles. The number of nitrogens with one attached hydrogen (secondary N) is 1. The van der Waals surface area contributed by atoms with E-state index in [1.54, 1.807) is 0 Å². The number of carbonyl (C=O) groups excluding carboxylic acids is 1. The zero-order chi connectivity index (χ0) is 19.8. The Hall–Kier alpha value is -2.11. The largest absolute Gasteiger partial charge is 0.494 e. The molecule has 27 heavy (non-hydrogen) atoms. The van der Waals surface area contributed by atoms with Gasteiger partial charge in [0.05, 0.1) is 11.2 Å². The zero-order valence-electron chi connectivity index (χ0n) is 17.1. The van der Waals surface area contributed by atoms with Crippen molar-refractivity contribution < 1.29 is 14.1 Å². The Morgan fingerprint density at radius 3 is 2.00 bits per heavy atom. The van der Waals surface area contributed by atoms with E-state index in [1.165, 1.54) is 0 Å². The van der Waals surface area contributed by atoms with Gasteiger partial charge in [-0.2, -0.15) is 0 Å². The standard InChI is InChI=1S/C22H28BNO3/c1-15-12-18(23-26-21(3,4)22(5,6)27-23)13-16(2)19(15)14-24-20(25)17-10-8-7-9-11-17/h7-13H,14H2,1-6H3,(H,24,25). The molecule has 1 amide bonds. The average molecular weight is 365 g/mol. The number of hydrogen-bond acceptors (Lipinski definition) is 3. The second-order valence-corrected chi connectivity index (χ2v) is 8.27. The molecule has 142 valence electrons. The Kier molecular flexibility index (Phi) is 5.19. The van der Waals surface area contributed by atoms with Gasteiger partial charge in [-0.05, 0) is 75.8 Å². The maximum absolute atomic E-state index is 12.3. The quantitative estimate of drug-likeness (QED) is 0.844. The molecule has 0 saturated carbocycles. The van der Waals surface area contributed by atoms with E-state index in [1.807, 2.05) is 30.3 Å². The molecule has 1 heterocycles. The maximum atomic E-state index is 12.3. The van der Waals surface area contributed by atoms with Crippen LogP contribution >= 0.6 is 0 Å². The van der Waals surface area contributed by atoms with Crippen LogP contribution in [0.3, 0.4) is 0 Å². The topological polar surface area (TPSA) is 47.6 Å². The van der Waals surface area contributed by atoms with Gasteiger partial charge in [0.25, 0.3) is 5.91 Å². The molecule has 0 radical (unpaired) electrons. The zero-order valence-corrected chi connectivity index (χ0v) is 17.1. The Labute approximate surface area is 162 Å². The Bertz CT molecular complexity index is 807. The van der Waals surface area contributed by atoms with E-state index in [9.17, 15) is 4.79 Å². The Balaban J connectivity index is 1.75. The van der Waals surface area contributed by atoms with Gasteiger partial charge in [-0.25, -0.2) is 0 Å². The van der Waals surface area contributed by atoms with Crippen LogP contribution in [0.4, 0.5) is 0 Å². The first-order valence-corrected chi connectivity index (χ1v) is 9.39. The maximum Gasteiger partial charge on any atom is 0.494 e. The van der Waals surface area contributed by atoms with Crippen LogP contribution in [0.5, 0.6) is 0 Å². The number of carbonyl (C=O) groups is 1. The summed E-state index contributed by atoms with van der Waals surface area (Å²) in [7, 11) is -0.375. The second kappa shape index (κ2) is 7.14. The molecule has 2 aromatic carbocycles. The van der Waals surface area contributed by atoms with Crippen LogP contribution < -0.4 is 10.8 Å². The molecule has 0 unspecified atom stereocenters. The third-order valence-corrected chi connectivity index (χ3v) is 5.71. The monoisotopic (exact) mass is 365 g/mol. The van der Waals surface area contributed by atoms with Gasteiger partial charge in [-0.15, -0.1) is 0 Å². The Morgan fingerprint density at radius 2 is 1.48 bits per heavy atom. The third-order valence-electron chi connectivity index (χ3n) is 5.71. The van der Waals surface area contributed by atoms with Gasteiger partial charge in [-0.3, -0.25) is 4.79 Å². The van der Waals surface area contributed by atoms with E-state index in [4.69, 9.17) is 9.31 Å². The summed E-state index contributed by atoms with van der Waals surface area (Å²) < 4.78 is 12.3. The number of amides is 1. The summed E-state index contributed by atoms with van der Waals surface area (Å²) in [5.41, 5.74) is 4.33. The highest BCUT2D eigenvalue weighted by Crippen LogP contribution is 2.36. The molecule has 1 fully saturated rings. The van der Waals surface area contributed by atoms with Crippen LogP contribution in [0.1, 0.15) is 54.7 Å². The fourth-order valence-corrected chi connectivity index (χ4v) is 3.28. The van der Waals surface area contributed by atoms with Crippen molar-refractivity contribution in [2.24, 2.45) is 0 Å². The minimum Gasteiger partial charge on any atom is -0.399 e. The molecule has 4 nitrogen and oxygen atoms in total. The van der Waals surface area contributed by atoms with Gasteiger partial charge >= 0.3 is 7.12 Å². The van der Waals surface area contributed by atoms with Crippen LogP contribution in [0, 0.1) is 13.8 Å². The van der Waals surface area contributed by atoms with E-state index >= 15 is 0 Å². The summed E-state index contributed by atoms with van der Waals surface area (Å²) in [5.74, 6) is -0.0653. The molecule has 1 aliphatic rings. The van der Waals surface area contributed by atoms with Gasteiger partial charge in [0.2, 0.25) is 0 Å². The van der Waals surface area contributed by atoms with Crippen LogP contribution in [0.25, 0.3) is 0 Å². The van der Waals surface area contributed by atoms with Crippen LogP contribution in [-0.2, 0) is 15.9 Å². The number of rotatable bonds is 4. The fraction of sp³-hybridized carbons (Fsp3) is 0.409. The van der Waals surface area contributed by atoms with Gasteiger partial charge in [0, 0.05) is 12.1 Å². The third kappa shape index (κ3) is 3.94. The molecule has 2 aromatic rings. The van der Waals surface area contributed by atoms with Gasteiger partial charge < -0.3 is 14.6 Å². The van der Waals surface area contributed by atoms with Crippen LogP contribution in [0.15, 0.2) is 42.5 Å². The summed E-state index contributed by atoms with van der Waals surface area (Å²) in [6, 6.07) is 13.5. The molecule has 1 N–H and O–H groups in total. The van der Waals surface area contributed by atoms with Crippen molar-refractivity contribution >= 4 is 18.5 Å². The van der Waals surface area contributed by atoms with Crippen molar-refractivity contribution in [2.45, 2.75) is 59.3 Å². The van der Waals surface area contributed by atoms with Crippen LogP contribution in [-0.4, -0.2) is 24.2 Å². The highest BCUT2D eigenvalue weighted by atomic mass is 16.7. The molecule has 3 rings (SSSR count). The van der Waals surface area contributed by atoms with Gasteiger partial charge in [0.1, 0.15) is 0 Å². The normalized spacial score (nSPS) is 17.8. The second-order valence-electron chi connectivity index (χ2n) is 8.27. The van der Waals surface area contributed by atoms with Crippen molar-refractivity contribution in [3.8, 4) is 0 Å². The highest BCUT2D eigenvalue weighted by molar-refractivity contribution is 6.62. The molecular weight excluding hydrogens is 337 g/mol. The molecule has 5 heteroatoms. The van der Waals surface area contributed by atoms with Crippen molar-refractivity contribution in [1.29, 1.82) is 0 Å². The van der Waals surface area contributed by atoms with Crippen LogP contribution in [0.2, 0.25) is 0 Å². The summed E-state index contributed by atoms with van der Waals surface area (Å²) >= 11 is 0. The van der Waals surface area contributed by atoms with Gasteiger partial charge in [-0.1, -0.05) is 30.3 Å². The summed E-state index contributed by atoms with van der Waals surface area (Å²) in [6.07, 6.45) is 0. The first-order chi connectivity index (χ1) is 12.6. The molecule has 0 spiro atoms. The van der Waals surface area contributed by atoms with E-state index in [0.29, 0.717) is 12.1 Å². The highest BCUT2D eigenvalue weighted by Gasteiger charge is 2.51. The van der Waals surface area contributed by atoms with Crippen molar-refractivity contribution in [3.63, 3.8) is 0 Å². The lowest BCUT2D eigenvalue weighted by Crippen LogP contribution is -2.41. The lowest BCUT2D eigenvalue weighted by Gasteiger charge is -2.32. The summed E-state index contributed by atoms with van der Waals surface area (Å²) in [4.78, 5) is 12.3. The SMILES string of the molecule is Cc1cc(B2OC(C)(C)C(C)(C)O2)cc(C)c1CNC(=O)c1ccccc1. The fourth-order valence-electron chi connectivity index (χ4n) is 3.28. The van der Waals surface area contributed by atoms with Crippen molar-refractivity contribution in [3.05, 3.63) is 64.7 Å². The molecule has 0 aliphatic carbocycles. The summed E-state index contributed by atoms with van der Waals surface area (Å²) in [6.45, 7) is 12.8. The molecule has 0 atom stereocenters. The smallest absolute Gasteiger partial charge is 0.399 e. The average Bonchev–Trinajstić information content (AvgIpc) is 2.82. The lowest BCUT2D eigenvalue weighted by molar-refractivity contribution is 0.00578. The van der Waals surface area contributed by atoms with E-state index in [0.717, 1.165) is 22.2 Å². The predicted octanol–water partition coefficient (Wildman–Crippen LogP) is 3.53. The molecule has 0 bridgehead atoms. The van der Waals surface area contributed by atoms with Crippen molar-refractivity contribution in [1.82, 2.24) is 5.32 Å². The van der Waals surface area contributed by atoms with E-state index < -0.39 is 0 Å². The number of hydrogen-bond donors (Lipinski definition) is 1. The Morgan fingerprint density at radius 1 is 0.963 bits per heavy atom. The number of aryl methyl sites for hydroxylation is 2. The van der Waals surface area contributed by atoms with Crippen molar-refractivity contribution in [2.75, 3.05) is 0 Å². The minimum atomic E-state index is -0.375. The first kappa shape index (κ1) is 19.7. The summed E-state index contributed by atoms with van der Waals surface area (Å²) in [5, 5.41) is 3.01. The van der Waals surface area contributed by atoms with E-state index in [-0.39, 0.29) is 24.2 Å². The van der Waals surface area contributed by atoms with Gasteiger partial charge in [0.15, 0.2) is 0 Å². The number of benzene rings is 2. The minimum absolute atomic E-state index is 0.0653. The predicted molar refractivity (Wildman–Crippen MR) is 109 cm³/mol. The molecular formula is C22H28BNO3.